The highest BCUT2D eigenvalue weighted by molar-refractivity contribution is 6.74. The number of hydrogen-bond acceptors (Lipinski definition) is 2. The van der Waals surface area contributed by atoms with Crippen LogP contribution in [0.3, 0.4) is 0 Å². The van der Waals surface area contributed by atoms with E-state index in [1.54, 1.807) is 0 Å². The Morgan fingerprint density at radius 1 is 1.18 bits per heavy atom. The minimum absolute atomic E-state index is 0.0102. The van der Waals surface area contributed by atoms with E-state index < -0.39 is 8.32 Å². The highest BCUT2D eigenvalue weighted by Crippen LogP contribution is 2.38. The van der Waals surface area contributed by atoms with Gasteiger partial charge in [-0.3, -0.25) is 0 Å². The van der Waals surface area contributed by atoms with Crippen LogP contribution in [0.4, 0.5) is 0 Å². The van der Waals surface area contributed by atoms with Gasteiger partial charge in [0.15, 0.2) is 0 Å². The number of benzene rings is 1. The average molecular weight is 251 g/mol. The lowest BCUT2D eigenvalue weighted by molar-refractivity contribution is 0.483. The summed E-state index contributed by atoms with van der Waals surface area (Å²) in [6.07, 6.45) is 0. The maximum Gasteiger partial charge on any atom is 0.250 e. The molecule has 0 amide bonds. The van der Waals surface area contributed by atoms with Crippen LogP contribution < -0.4 is 10.2 Å². The molecule has 0 aliphatic rings. The Kier molecular flexibility index (Phi) is 4.05. The molecule has 0 saturated heterocycles. The molecular formula is C14H25NOSi. The van der Waals surface area contributed by atoms with Gasteiger partial charge in [-0.05, 0) is 31.1 Å². The highest BCUT2D eigenvalue weighted by Gasteiger charge is 2.39. The molecule has 1 atom stereocenters. The van der Waals surface area contributed by atoms with Crippen molar-refractivity contribution in [2.75, 3.05) is 0 Å². The Labute approximate surface area is 106 Å². The first-order chi connectivity index (χ1) is 7.65. The first-order valence-corrected chi connectivity index (χ1v) is 9.09. The Balaban J connectivity index is 3.04. The van der Waals surface area contributed by atoms with Crippen LogP contribution in [-0.4, -0.2) is 8.32 Å². The number of nitrogens with two attached hydrogens (primary N) is 1. The quantitative estimate of drug-likeness (QED) is 0.821. The van der Waals surface area contributed by atoms with Gasteiger partial charge in [-0.2, -0.15) is 0 Å². The SMILES string of the molecule is C[C@@H](N)c1ccccc1O[Si](C)(C)C(C)(C)C. The van der Waals surface area contributed by atoms with E-state index in [0.29, 0.717) is 0 Å². The number of rotatable bonds is 3. The predicted molar refractivity (Wildman–Crippen MR) is 76.9 cm³/mol. The van der Waals surface area contributed by atoms with Crippen LogP contribution in [-0.2, 0) is 0 Å². The van der Waals surface area contributed by atoms with Crippen molar-refractivity contribution in [2.24, 2.45) is 5.73 Å². The summed E-state index contributed by atoms with van der Waals surface area (Å²) in [6, 6.07) is 8.11. The van der Waals surface area contributed by atoms with Gasteiger partial charge in [0, 0.05) is 11.6 Å². The second kappa shape index (κ2) is 4.82. The molecule has 96 valence electrons. The minimum Gasteiger partial charge on any atom is -0.543 e. The van der Waals surface area contributed by atoms with E-state index in [1.807, 2.05) is 31.2 Å². The smallest absolute Gasteiger partial charge is 0.250 e. The molecular weight excluding hydrogens is 226 g/mol. The van der Waals surface area contributed by atoms with Crippen molar-refractivity contribution in [3.63, 3.8) is 0 Å². The van der Waals surface area contributed by atoms with E-state index in [4.69, 9.17) is 10.2 Å². The lowest BCUT2D eigenvalue weighted by Gasteiger charge is -2.37. The lowest BCUT2D eigenvalue weighted by Crippen LogP contribution is -2.44. The molecule has 0 aromatic heterocycles. The standard InChI is InChI=1S/C14H25NOSi/c1-11(15)12-9-7-8-10-13(12)16-17(5,6)14(2,3)4/h7-11H,15H2,1-6H3/t11-/m1/s1. The second-order valence-corrected chi connectivity index (χ2v) is 10.9. The van der Waals surface area contributed by atoms with Crippen molar-refractivity contribution >= 4 is 8.32 Å². The molecule has 0 radical (unpaired) electrons. The van der Waals surface area contributed by atoms with Gasteiger partial charge in [0.2, 0.25) is 8.32 Å². The summed E-state index contributed by atoms with van der Waals surface area (Å²) in [4.78, 5) is 0. The van der Waals surface area contributed by atoms with E-state index in [1.165, 1.54) is 0 Å². The molecule has 0 aliphatic heterocycles. The molecule has 0 aliphatic carbocycles. The third-order valence-corrected chi connectivity index (χ3v) is 7.92. The van der Waals surface area contributed by atoms with Gasteiger partial charge in [0.25, 0.3) is 0 Å². The Bertz CT molecular complexity index is 380. The minimum atomic E-state index is -1.78. The number of hydrogen-bond donors (Lipinski definition) is 1. The van der Waals surface area contributed by atoms with Gasteiger partial charge in [-0.1, -0.05) is 39.0 Å². The zero-order chi connectivity index (χ0) is 13.3. The maximum absolute atomic E-state index is 6.32. The monoisotopic (exact) mass is 251 g/mol. The molecule has 17 heavy (non-hydrogen) atoms. The van der Waals surface area contributed by atoms with E-state index in [0.717, 1.165) is 11.3 Å². The largest absolute Gasteiger partial charge is 0.543 e. The van der Waals surface area contributed by atoms with Gasteiger partial charge in [-0.15, -0.1) is 0 Å². The zero-order valence-electron chi connectivity index (χ0n) is 11.9. The lowest BCUT2D eigenvalue weighted by atomic mass is 10.1. The first-order valence-electron chi connectivity index (χ1n) is 6.18. The van der Waals surface area contributed by atoms with Crippen molar-refractivity contribution in [1.29, 1.82) is 0 Å². The molecule has 1 rings (SSSR count). The Morgan fingerprint density at radius 2 is 1.71 bits per heavy atom. The Hall–Kier alpha value is -0.803. The van der Waals surface area contributed by atoms with Crippen LogP contribution in [0.2, 0.25) is 18.1 Å². The van der Waals surface area contributed by atoms with Gasteiger partial charge in [-0.25, -0.2) is 0 Å². The molecule has 0 saturated carbocycles. The van der Waals surface area contributed by atoms with E-state index in [2.05, 4.69) is 33.9 Å². The summed E-state index contributed by atoms with van der Waals surface area (Å²) in [5.74, 6) is 0.953. The van der Waals surface area contributed by atoms with E-state index >= 15 is 0 Å². The second-order valence-electron chi connectivity index (χ2n) is 6.19. The fourth-order valence-electron chi connectivity index (χ4n) is 1.38. The van der Waals surface area contributed by atoms with E-state index in [9.17, 15) is 0 Å². The van der Waals surface area contributed by atoms with Crippen LogP contribution >= 0.6 is 0 Å². The van der Waals surface area contributed by atoms with Gasteiger partial charge < -0.3 is 10.2 Å². The van der Waals surface area contributed by atoms with Crippen LogP contribution in [0.5, 0.6) is 5.75 Å². The third kappa shape index (κ3) is 3.33. The van der Waals surface area contributed by atoms with Crippen molar-refractivity contribution in [3.8, 4) is 5.75 Å². The summed E-state index contributed by atoms with van der Waals surface area (Å²) < 4.78 is 6.32. The zero-order valence-corrected chi connectivity index (χ0v) is 12.9. The summed E-state index contributed by atoms with van der Waals surface area (Å²) in [5, 5.41) is 0.206. The summed E-state index contributed by atoms with van der Waals surface area (Å²) in [7, 11) is -1.78. The van der Waals surface area contributed by atoms with Crippen molar-refractivity contribution in [2.45, 2.75) is 51.9 Å². The van der Waals surface area contributed by atoms with Gasteiger partial charge in [0.05, 0.1) is 0 Å². The first kappa shape index (κ1) is 14.3. The van der Waals surface area contributed by atoms with Crippen molar-refractivity contribution in [3.05, 3.63) is 29.8 Å². The normalized spacial score (nSPS) is 14.5. The molecule has 0 bridgehead atoms. The Morgan fingerprint density at radius 3 is 2.18 bits per heavy atom. The molecule has 0 spiro atoms. The molecule has 2 N–H and O–H groups in total. The van der Waals surface area contributed by atoms with Crippen molar-refractivity contribution in [1.82, 2.24) is 0 Å². The highest BCUT2D eigenvalue weighted by atomic mass is 28.4. The van der Waals surface area contributed by atoms with Crippen LogP contribution in [0.25, 0.3) is 0 Å². The molecule has 2 nitrogen and oxygen atoms in total. The molecule has 3 heteroatoms. The fraction of sp³-hybridized carbons (Fsp3) is 0.571. The molecule has 1 aromatic rings. The summed E-state index contributed by atoms with van der Waals surface area (Å²) >= 11 is 0. The van der Waals surface area contributed by atoms with Gasteiger partial charge in [0.1, 0.15) is 5.75 Å². The molecule has 1 aromatic carbocycles. The fourth-order valence-corrected chi connectivity index (χ4v) is 2.42. The molecule has 0 heterocycles. The van der Waals surface area contributed by atoms with Crippen LogP contribution in [0.15, 0.2) is 24.3 Å². The predicted octanol–water partition coefficient (Wildman–Crippen LogP) is 4.09. The molecule has 0 unspecified atom stereocenters. The molecule has 0 fully saturated rings. The van der Waals surface area contributed by atoms with Crippen molar-refractivity contribution < 1.29 is 4.43 Å². The van der Waals surface area contributed by atoms with Gasteiger partial charge >= 0.3 is 0 Å². The summed E-state index contributed by atoms with van der Waals surface area (Å²) in [6.45, 7) is 13.2. The summed E-state index contributed by atoms with van der Waals surface area (Å²) in [5.41, 5.74) is 7.07. The average Bonchev–Trinajstić information content (AvgIpc) is 2.15. The maximum atomic E-state index is 6.32. The van der Waals surface area contributed by atoms with Crippen LogP contribution in [0.1, 0.15) is 39.3 Å². The number of para-hydroxylation sites is 1. The third-order valence-electron chi connectivity index (χ3n) is 3.58. The topological polar surface area (TPSA) is 35.2 Å². The van der Waals surface area contributed by atoms with E-state index in [-0.39, 0.29) is 11.1 Å². The van der Waals surface area contributed by atoms with Crippen LogP contribution in [0, 0.1) is 0 Å².